The van der Waals surface area contributed by atoms with Crippen molar-refractivity contribution < 1.29 is 8.42 Å². The molecule has 0 bridgehead atoms. The highest BCUT2D eigenvalue weighted by molar-refractivity contribution is 7.90. The Bertz CT molecular complexity index is 578. The van der Waals surface area contributed by atoms with E-state index >= 15 is 0 Å². The molecule has 2 aromatic rings. The number of sulfone groups is 1. The molecule has 0 fully saturated rings. The normalized spacial score (nSPS) is 11.8. The van der Waals surface area contributed by atoms with Crippen LogP contribution < -0.4 is 0 Å². The highest BCUT2D eigenvalue weighted by Crippen LogP contribution is 2.13. The fraction of sp³-hybridized carbons (Fsp3) is 0.167. The zero-order chi connectivity index (χ0) is 11.6. The third-order valence-electron chi connectivity index (χ3n) is 2.32. The van der Waals surface area contributed by atoms with Crippen LogP contribution in [0, 0.1) is 0 Å². The Balaban J connectivity index is 2.31. The van der Waals surface area contributed by atoms with Crippen LogP contribution >= 0.6 is 0 Å². The van der Waals surface area contributed by atoms with Crippen molar-refractivity contribution in [3.8, 4) is 0 Å². The van der Waals surface area contributed by atoms with Gasteiger partial charge in [-0.1, -0.05) is 12.1 Å². The van der Waals surface area contributed by atoms with Crippen molar-refractivity contribution in [3.05, 3.63) is 54.9 Å². The monoisotopic (exact) mass is 235 g/mol. The van der Waals surface area contributed by atoms with Gasteiger partial charge in [-0.3, -0.25) is 0 Å². The Morgan fingerprint density at radius 2 is 2.19 bits per heavy atom. The molecule has 0 saturated carbocycles. The molecule has 0 aliphatic rings. The van der Waals surface area contributed by atoms with E-state index in [2.05, 4.69) is 6.58 Å². The lowest BCUT2D eigenvalue weighted by molar-refractivity contribution is 0.598. The predicted molar refractivity (Wildman–Crippen MR) is 65.1 cm³/mol. The average Bonchev–Trinajstić information content (AvgIpc) is 2.58. The Kier molecular flexibility index (Phi) is 2.83. The second-order valence-electron chi connectivity index (χ2n) is 3.72. The summed E-state index contributed by atoms with van der Waals surface area (Å²) in [5, 5.41) is 0. The lowest BCUT2D eigenvalue weighted by Crippen LogP contribution is -2.06. The van der Waals surface area contributed by atoms with Crippen LogP contribution in [0.3, 0.4) is 0 Å². The third-order valence-corrected chi connectivity index (χ3v) is 3.84. The fourth-order valence-electron chi connectivity index (χ4n) is 1.69. The number of fused-ring (bicyclic) bond motifs is 1. The summed E-state index contributed by atoms with van der Waals surface area (Å²) in [7, 11) is -3.06. The molecule has 0 aliphatic heterocycles. The van der Waals surface area contributed by atoms with Crippen molar-refractivity contribution in [2.75, 3.05) is 5.75 Å². The first-order chi connectivity index (χ1) is 7.61. The molecule has 4 heteroatoms. The van der Waals surface area contributed by atoms with Crippen LogP contribution in [0.1, 0.15) is 5.56 Å². The Hall–Kier alpha value is -1.55. The van der Waals surface area contributed by atoms with Gasteiger partial charge in [-0.15, -0.1) is 6.58 Å². The van der Waals surface area contributed by atoms with E-state index in [-0.39, 0.29) is 11.5 Å². The first-order valence-corrected chi connectivity index (χ1v) is 6.80. The number of aromatic nitrogens is 1. The van der Waals surface area contributed by atoms with E-state index in [0.29, 0.717) is 0 Å². The van der Waals surface area contributed by atoms with E-state index in [0.717, 1.165) is 11.1 Å². The van der Waals surface area contributed by atoms with E-state index in [1.165, 1.54) is 6.08 Å². The minimum atomic E-state index is -3.06. The SMILES string of the molecule is C=CCS(=O)(=O)Cc1cc2ccccn2c1. The first kappa shape index (κ1) is 11.0. The van der Waals surface area contributed by atoms with Crippen LogP contribution in [0.5, 0.6) is 0 Å². The van der Waals surface area contributed by atoms with Gasteiger partial charge < -0.3 is 4.40 Å². The second-order valence-corrected chi connectivity index (χ2v) is 5.83. The maximum Gasteiger partial charge on any atom is 0.158 e. The van der Waals surface area contributed by atoms with Crippen molar-refractivity contribution in [1.29, 1.82) is 0 Å². The maximum absolute atomic E-state index is 11.6. The molecular weight excluding hydrogens is 222 g/mol. The number of rotatable bonds is 4. The summed E-state index contributed by atoms with van der Waals surface area (Å²) >= 11 is 0. The van der Waals surface area contributed by atoms with E-state index in [1.54, 1.807) is 0 Å². The number of nitrogens with zero attached hydrogens (tertiary/aromatic N) is 1. The Morgan fingerprint density at radius 3 is 2.88 bits per heavy atom. The summed E-state index contributed by atoms with van der Waals surface area (Å²) in [6.45, 7) is 3.45. The lowest BCUT2D eigenvalue weighted by atomic mass is 10.3. The first-order valence-electron chi connectivity index (χ1n) is 4.98. The summed E-state index contributed by atoms with van der Waals surface area (Å²) in [4.78, 5) is 0. The highest BCUT2D eigenvalue weighted by Gasteiger charge is 2.11. The van der Waals surface area contributed by atoms with Crippen molar-refractivity contribution >= 4 is 15.4 Å². The largest absolute Gasteiger partial charge is 0.324 e. The molecule has 0 radical (unpaired) electrons. The smallest absolute Gasteiger partial charge is 0.158 e. The van der Waals surface area contributed by atoms with Gasteiger partial charge in [0.2, 0.25) is 0 Å². The lowest BCUT2D eigenvalue weighted by Gasteiger charge is -1.97. The fourth-order valence-corrected chi connectivity index (χ4v) is 2.83. The summed E-state index contributed by atoms with van der Waals surface area (Å²) in [5.41, 5.74) is 1.82. The summed E-state index contributed by atoms with van der Waals surface area (Å²) in [6.07, 6.45) is 5.17. The maximum atomic E-state index is 11.6. The van der Waals surface area contributed by atoms with Gasteiger partial charge in [0.1, 0.15) is 0 Å². The van der Waals surface area contributed by atoms with Gasteiger partial charge in [0, 0.05) is 17.9 Å². The molecule has 0 spiro atoms. The van der Waals surface area contributed by atoms with Gasteiger partial charge in [0.05, 0.1) is 11.5 Å². The number of pyridine rings is 1. The molecular formula is C12H13NO2S. The minimum absolute atomic E-state index is 0.0270. The van der Waals surface area contributed by atoms with Crippen molar-refractivity contribution in [1.82, 2.24) is 4.40 Å². The van der Waals surface area contributed by atoms with Gasteiger partial charge in [-0.25, -0.2) is 8.42 Å². The molecule has 3 nitrogen and oxygen atoms in total. The van der Waals surface area contributed by atoms with Gasteiger partial charge in [-0.2, -0.15) is 0 Å². The van der Waals surface area contributed by atoms with E-state index in [4.69, 9.17) is 0 Å². The van der Waals surface area contributed by atoms with Crippen molar-refractivity contribution in [2.45, 2.75) is 5.75 Å². The van der Waals surface area contributed by atoms with E-state index in [9.17, 15) is 8.42 Å². The number of hydrogen-bond donors (Lipinski definition) is 0. The number of hydrogen-bond acceptors (Lipinski definition) is 2. The van der Waals surface area contributed by atoms with E-state index in [1.807, 2.05) is 41.1 Å². The van der Waals surface area contributed by atoms with Gasteiger partial charge >= 0.3 is 0 Å². The molecule has 0 saturated heterocycles. The molecule has 16 heavy (non-hydrogen) atoms. The van der Waals surface area contributed by atoms with Crippen LogP contribution in [-0.2, 0) is 15.6 Å². The van der Waals surface area contributed by atoms with Crippen LogP contribution in [0.4, 0.5) is 0 Å². The Labute approximate surface area is 94.9 Å². The molecule has 0 aromatic carbocycles. The molecule has 84 valence electrons. The third kappa shape index (κ3) is 2.33. The van der Waals surface area contributed by atoms with Gasteiger partial charge in [0.25, 0.3) is 0 Å². The van der Waals surface area contributed by atoms with Crippen LogP contribution in [0.15, 0.2) is 49.3 Å². The average molecular weight is 235 g/mol. The Morgan fingerprint density at radius 1 is 1.38 bits per heavy atom. The molecule has 2 heterocycles. The quantitative estimate of drug-likeness (QED) is 0.761. The van der Waals surface area contributed by atoms with Crippen molar-refractivity contribution in [3.63, 3.8) is 0 Å². The van der Waals surface area contributed by atoms with Gasteiger partial charge in [-0.05, 0) is 23.8 Å². The summed E-state index contributed by atoms with van der Waals surface area (Å²) < 4.78 is 25.1. The topological polar surface area (TPSA) is 38.5 Å². The second kappa shape index (κ2) is 4.14. The standard InChI is InChI=1S/C12H13NO2S/c1-2-7-16(14,15)10-11-8-12-5-3-4-6-13(12)9-11/h2-6,8-9H,1,7,10H2. The van der Waals surface area contributed by atoms with Crippen molar-refractivity contribution in [2.24, 2.45) is 0 Å². The molecule has 0 amide bonds. The summed E-state index contributed by atoms with van der Waals surface area (Å²) in [5.74, 6) is 0.0971. The minimum Gasteiger partial charge on any atom is -0.324 e. The van der Waals surface area contributed by atoms with Crippen LogP contribution in [0.2, 0.25) is 0 Å². The molecule has 2 aromatic heterocycles. The molecule has 0 unspecified atom stereocenters. The highest BCUT2D eigenvalue weighted by atomic mass is 32.2. The van der Waals surface area contributed by atoms with E-state index < -0.39 is 9.84 Å². The zero-order valence-electron chi connectivity index (χ0n) is 8.83. The summed E-state index contributed by atoms with van der Waals surface area (Å²) in [6, 6.07) is 7.68. The molecule has 0 aliphatic carbocycles. The molecule has 2 rings (SSSR count). The zero-order valence-corrected chi connectivity index (χ0v) is 9.65. The molecule has 0 atom stereocenters. The van der Waals surface area contributed by atoms with Crippen LogP contribution in [0.25, 0.3) is 5.52 Å². The van der Waals surface area contributed by atoms with Crippen LogP contribution in [-0.4, -0.2) is 18.6 Å². The molecule has 0 N–H and O–H groups in total. The van der Waals surface area contributed by atoms with Gasteiger partial charge in [0.15, 0.2) is 9.84 Å². The predicted octanol–water partition coefficient (Wildman–Crippen LogP) is 2.04.